The number of fused-ring (bicyclic) bond motifs is 1. The van der Waals surface area contributed by atoms with Gasteiger partial charge in [-0.15, -0.1) is 0 Å². The van der Waals surface area contributed by atoms with Crippen molar-refractivity contribution >= 4 is 34.1 Å². The normalized spacial score (nSPS) is 17.2. The van der Waals surface area contributed by atoms with Gasteiger partial charge in [0.05, 0.1) is 11.6 Å². The Morgan fingerprint density at radius 3 is 2.88 bits per heavy atom. The number of nitrogen functional groups attached to an aromatic ring is 2. The molecule has 3 heterocycles. The largest absolute Gasteiger partial charge is 0.454 e. The summed E-state index contributed by atoms with van der Waals surface area (Å²) < 4.78 is 6.20. The van der Waals surface area contributed by atoms with Gasteiger partial charge < -0.3 is 20.8 Å². The first-order valence-electron chi connectivity index (χ1n) is 10.9. The zero-order valence-electron chi connectivity index (χ0n) is 19.0. The first-order valence-corrected chi connectivity index (χ1v) is 10.9. The molecule has 4 rings (SSSR count). The van der Waals surface area contributed by atoms with Crippen molar-refractivity contribution in [2.75, 3.05) is 24.6 Å². The third kappa shape index (κ3) is 4.26. The van der Waals surface area contributed by atoms with Gasteiger partial charge in [0.2, 0.25) is 5.91 Å². The third-order valence-corrected chi connectivity index (χ3v) is 5.92. The van der Waals surface area contributed by atoms with Gasteiger partial charge in [0.15, 0.2) is 11.6 Å². The van der Waals surface area contributed by atoms with Gasteiger partial charge in [-0.05, 0) is 51.8 Å². The molecule has 1 fully saturated rings. The fourth-order valence-electron chi connectivity index (χ4n) is 4.22. The van der Waals surface area contributed by atoms with Crippen molar-refractivity contribution in [2.45, 2.75) is 39.7 Å². The van der Waals surface area contributed by atoms with Crippen molar-refractivity contribution in [3.05, 3.63) is 63.2 Å². The number of likely N-dealkylation sites (tertiary alicyclic amines) is 1. The van der Waals surface area contributed by atoms with Crippen LogP contribution in [0.2, 0.25) is 0 Å². The first kappa shape index (κ1) is 22.3. The minimum absolute atomic E-state index is 0.0498. The van der Waals surface area contributed by atoms with E-state index in [1.54, 1.807) is 17.1 Å². The lowest BCUT2D eigenvalue weighted by Crippen LogP contribution is -2.41. The quantitative estimate of drug-likeness (QED) is 0.413. The van der Waals surface area contributed by atoms with E-state index in [4.69, 9.17) is 20.9 Å². The number of anilines is 2. The molecule has 1 aliphatic heterocycles. The number of aryl methyl sites for hydroxylation is 2. The molecule has 33 heavy (non-hydrogen) atoms. The number of aromatic amines is 1. The molecule has 1 unspecified atom stereocenters. The van der Waals surface area contributed by atoms with Gasteiger partial charge in [-0.2, -0.15) is 5.10 Å². The molecular weight excluding hydrogens is 420 g/mol. The summed E-state index contributed by atoms with van der Waals surface area (Å²) in [6.45, 7) is 6.88. The predicted molar refractivity (Wildman–Crippen MR) is 129 cm³/mol. The lowest BCUT2D eigenvalue weighted by atomic mass is 10.0. The van der Waals surface area contributed by atoms with Crippen LogP contribution < -0.4 is 17.0 Å². The SMILES string of the molecule is C/C=C/C(=O)N1CCCC(N=C(c2oc3ccc(C)cc3c2C)c2c(N)n[nH]c(=O)c2N)C1. The summed E-state index contributed by atoms with van der Waals surface area (Å²) in [6.07, 6.45) is 4.86. The minimum atomic E-state index is -0.551. The van der Waals surface area contributed by atoms with Crippen LogP contribution in [0.3, 0.4) is 0 Å². The molecule has 9 heteroatoms. The number of benzene rings is 1. The summed E-state index contributed by atoms with van der Waals surface area (Å²) in [5, 5.41) is 7.16. The number of carbonyl (C=O) groups is 1. The number of rotatable bonds is 4. The Labute approximate surface area is 191 Å². The fourth-order valence-corrected chi connectivity index (χ4v) is 4.22. The van der Waals surface area contributed by atoms with Crippen LogP contribution in [0.1, 0.15) is 42.2 Å². The van der Waals surface area contributed by atoms with Crippen molar-refractivity contribution < 1.29 is 9.21 Å². The van der Waals surface area contributed by atoms with Crippen LogP contribution in [-0.2, 0) is 4.79 Å². The van der Waals surface area contributed by atoms with E-state index in [1.165, 1.54) is 0 Å². The van der Waals surface area contributed by atoms with Crippen LogP contribution in [0.15, 0.2) is 44.6 Å². The van der Waals surface area contributed by atoms with Gasteiger partial charge >= 0.3 is 0 Å². The Balaban J connectivity index is 1.88. The molecule has 1 aliphatic rings. The van der Waals surface area contributed by atoms with Crippen LogP contribution in [0.4, 0.5) is 11.5 Å². The Kier molecular flexibility index (Phi) is 6.04. The maximum absolute atomic E-state index is 12.4. The number of hydrogen-bond acceptors (Lipinski definition) is 7. The molecule has 1 amide bonds. The number of carbonyl (C=O) groups excluding carboxylic acids is 1. The van der Waals surface area contributed by atoms with E-state index in [1.807, 2.05) is 39.0 Å². The topological polar surface area (TPSA) is 144 Å². The van der Waals surface area contributed by atoms with E-state index in [0.717, 1.165) is 29.4 Å². The third-order valence-electron chi connectivity index (χ3n) is 5.92. The van der Waals surface area contributed by atoms with Crippen molar-refractivity contribution in [1.82, 2.24) is 15.1 Å². The Hall–Kier alpha value is -3.88. The van der Waals surface area contributed by atoms with Gasteiger partial charge in [0, 0.05) is 24.0 Å². The summed E-state index contributed by atoms with van der Waals surface area (Å²) in [6, 6.07) is 5.70. The van der Waals surface area contributed by atoms with Crippen LogP contribution in [0, 0.1) is 13.8 Å². The van der Waals surface area contributed by atoms with Gasteiger partial charge in [-0.1, -0.05) is 17.7 Å². The Morgan fingerprint density at radius 1 is 1.33 bits per heavy atom. The molecular formula is C24H28N6O3. The summed E-state index contributed by atoms with van der Waals surface area (Å²) >= 11 is 0. The van der Waals surface area contributed by atoms with Crippen molar-refractivity contribution in [1.29, 1.82) is 0 Å². The van der Waals surface area contributed by atoms with E-state index in [9.17, 15) is 9.59 Å². The van der Waals surface area contributed by atoms with Crippen molar-refractivity contribution in [2.24, 2.45) is 4.99 Å². The number of aliphatic imine (C=N–C) groups is 1. The van der Waals surface area contributed by atoms with Gasteiger partial charge in [-0.25, -0.2) is 5.10 Å². The van der Waals surface area contributed by atoms with Crippen LogP contribution in [0.25, 0.3) is 11.0 Å². The lowest BCUT2D eigenvalue weighted by Gasteiger charge is -2.30. The smallest absolute Gasteiger partial charge is 0.288 e. The number of allylic oxidation sites excluding steroid dienone is 1. The van der Waals surface area contributed by atoms with Gasteiger partial charge in [0.1, 0.15) is 17.0 Å². The zero-order chi connectivity index (χ0) is 23.7. The highest BCUT2D eigenvalue weighted by Crippen LogP contribution is 2.31. The Bertz CT molecular complexity index is 1330. The molecule has 1 atom stereocenters. The first-order chi connectivity index (χ1) is 15.8. The second-order valence-corrected chi connectivity index (χ2v) is 8.34. The number of H-pyrrole nitrogens is 1. The van der Waals surface area contributed by atoms with Crippen molar-refractivity contribution in [3.8, 4) is 0 Å². The highest BCUT2D eigenvalue weighted by Gasteiger charge is 2.28. The lowest BCUT2D eigenvalue weighted by molar-refractivity contribution is -0.127. The van der Waals surface area contributed by atoms with E-state index < -0.39 is 5.56 Å². The number of aromatic nitrogens is 2. The summed E-state index contributed by atoms with van der Waals surface area (Å²) in [5.74, 6) is 0.490. The average Bonchev–Trinajstić information content (AvgIpc) is 3.12. The van der Waals surface area contributed by atoms with Crippen molar-refractivity contribution in [3.63, 3.8) is 0 Å². The molecule has 2 aromatic heterocycles. The zero-order valence-corrected chi connectivity index (χ0v) is 19.0. The van der Waals surface area contributed by atoms with Gasteiger partial charge in [-0.3, -0.25) is 14.6 Å². The van der Waals surface area contributed by atoms with Crippen LogP contribution in [-0.4, -0.2) is 45.8 Å². The molecule has 1 aromatic carbocycles. The van der Waals surface area contributed by atoms with Crippen LogP contribution in [0.5, 0.6) is 0 Å². The molecule has 0 aliphatic carbocycles. The average molecular weight is 449 g/mol. The second-order valence-electron chi connectivity index (χ2n) is 8.34. The number of furan rings is 1. The number of nitrogens with one attached hydrogen (secondary N) is 1. The standard InChI is InChI=1S/C24H28N6O3/c1-4-6-18(31)30-10-5-7-15(12-30)27-21(19-20(25)24(32)29-28-23(19)26)22-14(3)16-11-13(2)8-9-17(16)33-22/h4,6,8-9,11,15H,5,7,10,12H2,1-3H3,(H,29,32)(H4,25,26,28)/b6-4+,27-21?. The number of hydrogen-bond donors (Lipinski definition) is 3. The number of piperidine rings is 1. The maximum atomic E-state index is 12.4. The second kappa shape index (κ2) is 8.93. The maximum Gasteiger partial charge on any atom is 0.288 e. The fraction of sp³-hybridized carbons (Fsp3) is 0.333. The molecule has 5 N–H and O–H groups in total. The molecule has 0 radical (unpaired) electrons. The molecule has 9 nitrogen and oxygen atoms in total. The molecule has 0 bridgehead atoms. The summed E-state index contributed by atoms with van der Waals surface area (Å²) in [5.41, 5.74) is 15.0. The highest BCUT2D eigenvalue weighted by atomic mass is 16.3. The Morgan fingerprint density at radius 2 is 2.12 bits per heavy atom. The van der Waals surface area contributed by atoms with E-state index in [-0.39, 0.29) is 29.0 Å². The minimum Gasteiger partial charge on any atom is -0.454 e. The predicted octanol–water partition coefficient (Wildman–Crippen LogP) is 2.70. The van der Waals surface area contributed by atoms with E-state index >= 15 is 0 Å². The summed E-state index contributed by atoms with van der Waals surface area (Å²) in [4.78, 5) is 31.4. The molecule has 0 saturated carbocycles. The molecule has 3 aromatic rings. The highest BCUT2D eigenvalue weighted by molar-refractivity contribution is 6.18. The monoisotopic (exact) mass is 448 g/mol. The van der Waals surface area contributed by atoms with Crippen LogP contribution >= 0.6 is 0 Å². The number of amides is 1. The van der Waals surface area contributed by atoms with E-state index in [0.29, 0.717) is 30.1 Å². The van der Waals surface area contributed by atoms with Gasteiger partial charge in [0.25, 0.3) is 5.56 Å². The molecule has 1 saturated heterocycles. The number of nitrogens with two attached hydrogens (primary N) is 2. The number of nitrogens with zero attached hydrogens (tertiary/aromatic N) is 3. The molecule has 172 valence electrons. The molecule has 0 spiro atoms. The van der Waals surface area contributed by atoms with E-state index in [2.05, 4.69) is 10.2 Å². The summed E-state index contributed by atoms with van der Waals surface area (Å²) in [7, 11) is 0.